The molecule has 2 N–H and O–H groups in total. The second-order valence-electron chi connectivity index (χ2n) is 4.23. The summed E-state index contributed by atoms with van der Waals surface area (Å²) in [5, 5.41) is 4.01. The molecule has 1 aliphatic carbocycles. The SMILES string of the molecule is Nc1nccnc1-c1nc(C2CCCC2)no1. The zero-order valence-corrected chi connectivity index (χ0v) is 9.33. The molecule has 88 valence electrons. The Balaban J connectivity index is 1.92. The van der Waals surface area contributed by atoms with Gasteiger partial charge in [-0.1, -0.05) is 18.0 Å². The van der Waals surface area contributed by atoms with Crippen molar-refractivity contribution in [2.45, 2.75) is 31.6 Å². The van der Waals surface area contributed by atoms with Crippen molar-refractivity contribution in [2.24, 2.45) is 0 Å². The van der Waals surface area contributed by atoms with Crippen molar-refractivity contribution in [2.75, 3.05) is 5.73 Å². The van der Waals surface area contributed by atoms with Crippen LogP contribution in [0.3, 0.4) is 0 Å². The number of hydrogen-bond acceptors (Lipinski definition) is 6. The maximum atomic E-state index is 5.71. The highest BCUT2D eigenvalue weighted by Crippen LogP contribution is 2.33. The summed E-state index contributed by atoms with van der Waals surface area (Å²) >= 11 is 0. The van der Waals surface area contributed by atoms with Crippen LogP contribution in [0.5, 0.6) is 0 Å². The molecule has 0 aliphatic heterocycles. The van der Waals surface area contributed by atoms with Crippen LogP contribution in [0.4, 0.5) is 5.82 Å². The first kappa shape index (κ1) is 10.2. The zero-order valence-electron chi connectivity index (χ0n) is 9.33. The smallest absolute Gasteiger partial charge is 0.280 e. The van der Waals surface area contributed by atoms with Gasteiger partial charge in [0, 0.05) is 18.3 Å². The van der Waals surface area contributed by atoms with Crippen molar-refractivity contribution in [3.05, 3.63) is 18.2 Å². The summed E-state index contributed by atoms with van der Waals surface area (Å²) in [5.41, 5.74) is 6.18. The van der Waals surface area contributed by atoms with Crippen LogP contribution in [-0.4, -0.2) is 20.1 Å². The topological polar surface area (TPSA) is 90.7 Å². The van der Waals surface area contributed by atoms with Gasteiger partial charge in [0.1, 0.15) is 0 Å². The molecule has 0 aromatic carbocycles. The minimum absolute atomic E-state index is 0.314. The molecule has 0 bridgehead atoms. The van der Waals surface area contributed by atoms with E-state index < -0.39 is 0 Å². The summed E-state index contributed by atoms with van der Waals surface area (Å²) < 4.78 is 5.20. The quantitative estimate of drug-likeness (QED) is 0.846. The van der Waals surface area contributed by atoms with E-state index >= 15 is 0 Å². The van der Waals surface area contributed by atoms with E-state index in [0.717, 1.165) is 18.7 Å². The number of aromatic nitrogens is 4. The second kappa shape index (κ2) is 4.12. The van der Waals surface area contributed by atoms with Gasteiger partial charge in [0.05, 0.1) is 0 Å². The molecule has 2 heterocycles. The van der Waals surface area contributed by atoms with Crippen LogP contribution in [0, 0.1) is 0 Å². The molecule has 17 heavy (non-hydrogen) atoms. The van der Waals surface area contributed by atoms with Crippen molar-refractivity contribution < 1.29 is 4.52 Å². The molecule has 0 spiro atoms. The van der Waals surface area contributed by atoms with E-state index in [2.05, 4.69) is 20.1 Å². The van der Waals surface area contributed by atoms with E-state index in [9.17, 15) is 0 Å². The first-order valence-electron chi connectivity index (χ1n) is 5.75. The van der Waals surface area contributed by atoms with Crippen LogP contribution in [-0.2, 0) is 0 Å². The third-order valence-electron chi connectivity index (χ3n) is 3.09. The van der Waals surface area contributed by atoms with Crippen molar-refractivity contribution in [3.8, 4) is 11.6 Å². The highest BCUT2D eigenvalue weighted by atomic mass is 16.5. The molecular weight excluding hydrogens is 218 g/mol. The van der Waals surface area contributed by atoms with E-state index in [1.807, 2.05) is 0 Å². The Morgan fingerprint density at radius 3 is 2.71 bits per heavy atom. The Kier molecular flexibility index (Phi) is 2.47. The number of rotatable bonds is 2. The van der Waals surface area contributed by atoms with Crippen LogP contribution >= 0.6 is 0 Å². The molecule has 0 radical (unpaired) electrons. The lowest BCUT2D eigenvalue weighted by molar-refractivity contribution is 0.414. The average Bonchev–Trinajstić information content (AvgIpc) is 3.00. The van der Waals surface area contributed by atoms with E-state index in [1.165, 1.54) is 19.0 Å². The summed E-state index contributed by atoms with van der Waals surface area (Å²) in [6.45, 7) is 0. The molecule has 6 heteroatoms. The standard InChI is InChI=1S/C11H13N5O/c12-9-8(13-5-6-14-9)11-15-10(16-17-11)7-3-1-2-4-7/h5-7H,1-4H2,(H2,12,14). The van der Waals surface area contributed by atoms with E-state index in [4.69, 9.17) is 10.3 Å². The first-order chi connectivity index (χ1) is 8.34. The van der Waals surface area contributed by atoms with Gasteiger partial charge in [0.2, 0.25) is 0 Å². The summed E-state index contributed by atoms with van der Waals surface area (Å²) in [6, 6.07) is 0. The lowest BCUT2D eigenvalue weighted by atomic mass is 10.1. The van der Waals surface area contributed by atoms with Crippen LogP contribution in [0.15, 0.2) is 16.9 Å². The largest absolute Gasteiger partial charge is 0.382 e. The maximum Gasteiger partial charge on any atom is 0.280 e. The minimum Gasteiger partial charge on any atom is -0.382 e. The van der Waals surface area contributed by atoms with Crippen LogP contribution in [0.2, 0.25) is 0 Å². The normalized spacial score (nSPS) is 16.5. The van der Waals surface area contributed by atoms with Gasteiger partial charge in [-0.15, -0.1) is 0 Å². The lowest BCUT2D eigenvalue weighted by Gasteiger charge is -1.99. The molecule has 1 aliphatic rings. The van der Waals surface area contributed by atoms with Gasteiger partial charge in [0.15, 0.2) is 17.3 Å². The number of nitrogens with two attached hydrogens (primary N) is 1. The lowest BCUT2D eigenvalue weighted by Crippen LogP contribution is -1.97. The molecule has 0 amide bonds. The van der Waals surface area contributed by atoms with Crippen molar-refractivity contribution in [1.29, 1.82) is 0 Å². The van der Waals surface area contributed by atoms with Gasteiger partial charge in [-0.25, -0.2) is 9.97 Å². The molecule has 0 atom stereocenters. The summed E-state index contributed by atoms with van der Waals surface area (Å²) in [5.74, 6) is 1.86. The van der Waals surface area contributed by atoms with Gasteiger partial charge >= 0.3 is 0 Å². The predicted molar refractivity (Wildman–Crippen MR) is 60.9 cm³/mol. The van der Waals surface area contributed by atoms with E-state index in [0.29, 0.717) is 23.3 Å². The molecular formula is C11H13N5O. The fourth-order valence-electron chi connectivity index (χ4n) is 2.19. The highest BCUT2D eigenvalue weighted by molar-refractivity contribution is 5.61. The molecule has 2 aromatic rings. The summed E-state index contributed by atoms with van der Waals surface area (Å²) in [6.07, 6.45) is 7.84. The monoisotopic (exact) mass is 231 g/mol. The number of nitrogens with zero attached hydrogens (tertiary/aromatic N) is 4. The Morgan fingerprint density at radius 1 is 1.18 bits per heavy atom. The predicted octanol–water partition coefficient (Wildman–Crippen LogP) is 1.77. The number of hydrogen-bond donors (Lipinski definition) is 1. The molecule has 0 saturated heterocycles. The van der Waals surface area contributed by atoms with Crippen molar-refractivity contribution in [1.82, 2.24) is 20.1 Å². The van der Waals surface area contributed by atoms with Gasteiger partial charge in [-0.3, -0.25) is 0 Å². The molecule has 3 rings (SSSR count). The zero-order chi connectivity index (χ0) is 11.7. The Bertz CT molecular complexity index is 518. The fraction of sp³-hybridized carbons (Fsp3) is 0.455. The third-order valence-corrected chi connectivity index (χ3v) is 3.09. The molecule has 2 aromatic heterocycles. The van der Waals surface area contributed by atoms with Crippen LogP contribution < -0.4 is 5.73 Å². The fourth-order valence-corrected chi connectivity index (χ4v) is 2.19. The van der Waals surface area contributed by atoms with Gasteiger partial charge in [-0.2, -0.15) is 4.98 Å². The van der Waals surface area contributed by atoms with Gasteiger partial charge in [0.25, 0.3) is 5.89 Å². The van der Waals surface area contributed by atoms with Gasteiger partial charge in [-0.05, 0) is 12.8 Å². The van der Waals surface area contributed by atoms with E-state index in [1.54, 1.807) is 6.20 Å². The minimum atomic E-state index is 0.314. The average molecular weight is 231 g/mol. The Labute approximate surface area is 98.3 Å². The Morgan fingerprint density at radius 2 is 1.94 bits per heavy atom. The molecule has 1 saturated carbocycles. The molecule has 0 unspecified atom stereocenters. The third kappa shape index (κ3) is 1.86. The highest BCUT2D eigenvalue weighted by Gasteiger charge is 2.23. The van der Waals surface area contributed by atoms with Gasteiger partial charge < -0.3 is 10.3 Å². The van der Waals surface area contributed by atoms with Crippen LogP contribution in [0.1, 0.15) is 37.4 Å². The van der Waals surface area contributed by atoms with Crippen molar-refractivity contribution in [3.63, 3.8) is 0 Å². The van der Waals surface area contributed by atoms with Crippen molar-refractivity contribution >= 4 is 5.82 Å². The number of anilines is 1. The summed E-state index contributed by atoms with van der Waals surface area (Å²) in [4.78, 5) is 12.4. The Hall–Kier alpha value is -1.98. The van der Waals surface area contributed by atoms with Crippen LogP contribution in [0.25, 0.3) is 11.6 Å². The first-order valence-corrected chi connectivity index (χ1v) is 5.75. The maximum absolute atomic E-state index is 5.71. The second-order valence-corrected chi connectivity index (χ2v) is 4.23. The molecule has 1 fully saturated rings. The van der Waals surface area contributed by atoms with E-state index in [-0.39, 0.29) is 0 Å². The summed E-state index contributed by atoms with van der Waals surface area (Å²) in [7, 11) is 0. The number of nitrogen functional groups attached to an aromatic ring is 1. The molecule has 6 nitrogen and oxygen atoms in total.